The number of hydrogen-bond acceptors (Lipinski definition) is 5. The molecule has 0 aromatic carbocycles. The largest absolute Gasteiger partial charge is 0.508 e. The highest BCUT2D eigenvalue weighted by Gasteiger charge is 2.23. The minimum atomic E-state index is -1.44. The summed E-state index contributed by atoms with van der Waals surface area (Å²) in [6.07, 6.45) is -0.861. The van der Waals surface area contributed by atoms with Crippen LogP contribution in [0.1, 0.15) is 40.5 Å². The molecule has 0 bridgehead atoms. The molecule has 0 aliphatic rings. The maximum atomic E-state index is 10.5. The van der Waals surface area contributed by atoms with Crippen molar-refractivity contribution in [3.8, 4) is 0 Å². The molecule has 0 radical (unpaired) electrons. The Morgan fingerprint density at radius 3 is 2.53 bits per heavy atom. The van der Waals surface area contributed by atoms with Crippen LogP contribution in [-0.4, -0.2) is 36.4 Å². The average Bonchev–Trinajstić information content (AvgIpc) is 2.24. The van der Waals surface area contributed by atoms with E-state index >= 15 is 0 Å². The summed E-state index contributed by atoms with van der Waals surface area (Å²) in [5.41, 5.74) is 0.310. The molecule has 0 saturated heterocycles. The molecule has 6 heteroatoms. The maximum Gasteiger partial charge on any atom is 0.508 e. The van der Waals surface area contributed by atoms with Crippen molar-refractivity contribution in [1.29, 1.82) is 0 Å². The monoisotopic (exact) mass is 276 g/mol. The first-order valence-electron chi connectivity index (χ1n) is 6.23. The first-order chi connectivity index (χ1) is 8.76. The first kappa shape index (κ1) is 17.9. The molecule has 0 aliphatic heterocycles. The second kappa shape index (κ2) is 8.90. The molecular formula is C13H24O6. The van der Waals surface area contributed by atoms with E-state index in [-0.39, 0.29) is 6.61 Å². The fraction of sp³-hybridized carbons (Fsp3) is 0.769. The molecule has 112 valence electrons. The summed E-state index contributed by atoms with van der Waals surface area (Å²) < 4.78 is 9.71. The molecule has 6 nitrogen and oxygen atoms in total. The molecule has 0 aliphatic carbocycles. The molecule has 0 fully saturated rings. The molecule has 0 amide bonds. The molecule has 0 aromatic heterocycles. The second-order valence-electron chi connectivity index (χ2n) is 4.97. The van der Waals surface area contributed by atoms with Crippen LogP contribution >= 0.6 is 0 Å². The van der Waals surface area contributed by atoms with Gasteiger partial charge < -0.3 is 14.6 Å². The summed E-state index contributed by atoms with van der Waals surface area (Å²) in [7, 11) is 0. The predicted octanol–water partition coefficient (Wildman–Crippen LogP) is 3.13. The van der Waals surface area contributed by atoms with Gasteiger partial charge in [0.2, 0.25) is 0 Å². The van der Waals surface area contributed by atoms with Gasteiger partial charge in [-0.2, -0.15) is 4.89 Å². The molecule has 1 unspecified atom stereocenters. The quantitative estimate of drug-likeness (QED) is 0.217. The third-order valence-electron chi connectivity index (χ3n) is 2.07. The van der Waals surface area contributed by atoms with E-state index in [1.165, 1.54) is 0 Å². The fourth-order valence-electron chi connectivity index (χ4n) is 1.35. The van der Waals surface area contributed by atoms with E-state index in [1.54, 1.807) is 6.92 Å². The second-order valence-corrected chi connectivity index (χ2v) is 4.97. The summed E-state index contributed by atoms with van der Waals surface area (Å²) in [5, 5.41) is 8.59. The number of hydrogen-bond donors (Lipinski definition) is 1. The lowest BCUT2D eigenvalue weighted by Gasteiger charge is -2.25. The lowest BCUT2D eigenvalue weighted by Crippen LogP contribution is -2.32. The molecule has 0 heterocycles. The normalized spacial score (nSPS) is 13.1. The fourth-order valence-corrected chi connectivity index (χ4v) is 1.35. The number of rotatable bonds is 10. The Labute approximate surface area is 114 Å². The van der Waals surface area contributed by atoms with Gasteiger partial charge in [0.1, 0.15) is 6.61 Å². The number of carbonyl (C=O) groups is 1. The molecule has 0 rings (SSSR count). The third kappa shape index (κ3) is 10.5. The van der Waals surface area contributed by atoms with Crippen molar-refractivity contribution in [2.24, 2.45) is 0 Å². The summed E-state index contributed by atoms with van der Waals surface area (Å²) >= 11 is 0. The lowest BCUT2D eigenvalue weighted by molar-refractivity contribution is -0.417. The van der Waals surface area contributed by atoms with Gasteiger partial charge in [-0.1, -0.05) is 25.5 Å². The van der Waals surface area contributed by atoms with Crippen LogP contribution in [0.3, 0.4) is 0 Å². The highest BCUT2D eigenvalue weighted by molar-refractivity contribution is 5.56. The van der Waals surface area contributed by atoms with Gasteiger partial charge in [-0.3, -0.25) is 0 Å². The highest BCUT2D eigenvalue weighted by Crippen LogP contribution is 2.18. The highest BCUT2D eigenvalue weighted by atomic mass is 17.2. The molecule has 0 spiro atoms. The Morgan fingerprint density at radius 1 is 1.42 bits per heavy atom. The van der Waals surface area contributed by atoms with E-state index in [0.717, 1.165) is 18.4 Å². The number of carboxylic acid groups (broad SMARTS) is 1. The molecule has 1 atom stereocenters. The maximum absolute atomic E-state index is 10.5. The Balaban J connectivity index is 4.19. The van der Waals surface area contributed by atoms with Gasteiger partial charge in [-0.05, 0) is 27.2 Å². The zero-order valence-corrected chi connectivity index (χ0v) is 12.1. The SMILES string of the molecule is C=C(C)COCC(OOC(C)(C)CCC)OC(=O)O. The smallest absolute Gasteiger partial charge is 0.450 e. The van der Waals surface area contributed by atoms with Gasteiger partial charge >= 0.3 is 6.16 Å². The van der Waals surface area contributed by atoms with Gasteiger partial charge in [0.25, 0.3) is 6.29 Å². The molecule has 0 aromatic rings. The number of ether oxygens (including phenoxy) is 2. The van der Waals surface area contributed by atoms with Crippen molar-refractivity contribution in [2.45, 2.75) is 52.4 Å². The van der Waals surface area contributed by atoms with Crippen LogP contribution in [0.5, 0.6) is 0 Å². The van der Waals surface area contributed by atoms with Gasteiger partial charge in [-0.15, -0.1) is 0 Å². The van der Waals surface area contributed by atoms with Crippen molar-refractivity contribution in [3.63, 3.8) is 0 Å². The van der Waals surface area contributed by atoms with E-state index in [0.29, 0.717) is 6.61 Å². The Hall–Kier alpha value is -1.11. The summed E-state index contributed by atoms with van der Waals surface area (Å²) in [4.78, 5) is 20.7. The van der Waals surface area contributed by atoms with Crippen LogP contribution < -0.4 is 0 Å². The van der Waals surface area contributed by atoms with E-state index in [9.17, 15) is 4.79 Å². The van der Waals surface area contributed by atoms with E-state index < -0.39 is 18.0 Å². The van der Waals surface area contributed by atoms with Crippen molar-refractivity contribution in [2.75, 3.05) is 13.2 Å². The van der Waals surface area contributed by atoms with Crippen LogP contribution in [0, 0.1) is 0 Å². The lowest BCUT2D eigenvalue weighted by atomic mass is 10.0. The molecular weight excluding hydrogens is 252 g/mol. The standard InChI is InChI=1S/C13H24O6/c1-6-7-13(4,5)19-18-11(17-12(14)15)9-16-8-10(2)3/h11H,2,6-9H2,1,3-5H3,(H,14,15). The van der Waals surface area contributed by atoms with E-state index in [2.05, 4.69) is 11.3 Å². The first-order valence-corrected chi connectivity index (χ1v) is 6.23. The minimum absolute atomic E-state index is 0.0542. The van der Waals surface area contributed by atoms with Crippen LogP contribution in [-0.2, 0) is 19.2 Å². The van der Waals surface area contributed by atoms with Crippen molar-refractivity contribution in [3.05, 3.63) is 12.2 Å². The Bertz CT molecular complexity index is 287. The van der Waals surface area contributed by atoms with Gasteiger partial charge in [0.15, 0.2) is 0 Å². The van der Waals surface area contributed by atoms with Crippen LogP contribution in [0.4, 0.5) is 4.79 Å². The minimum Gasteiger partial charge on any atom is -0.450 e. The summed E-state index contributed by atoms with van der Waals surface area (Å²) in [6, 6.07) is 0. The summed E-state index contributed by atoms with van der Waals surface area (Å²) in [6.45, 7) is 11.4. The molecule has 1 N–H and O–H groups in total. The summed E-state index contributed by atoms with van der Waals surface area (Å²) in [5.74, 6) is 0. The van der Waals surface area contributed by atoms with Crippen molar-refractivity contribution in [1.82, 2.24) is 0 Å². The van der Waals surface area contributed by atoms with Crippen molar-refractivity contribution < 1.29 is 29.1 Å². The van der Waals surface area contributed by atoms with Crippen molar-refractivity contribution >= 4 is 6.16 Å². The molecule has 19 heavy (non-hydrogen) atoms. The van der Waals surface area contributed by atoms with Crippen LogP contribution in [0.25, 0.3) is 0 Å². The average molecular weight is 276 g/mol. The Kier molecular flexibility index (Phi) is 8.38. The van der Waals surface area contributed by atoms with Gasteiger partial charge in [0, 0.05) is 0 Å². The molecule has 0 saturated carbocycles. The zero-order valence-electron chi connectivity index (χ0n) is 12.1. The van der Waals surface area contributed by atoms with Crippen LogP contribution in [0.2, 0.25) is 0 Å². The topological polar surface area (TPSA) is 74.2 Å². The van der Waals surface area contributed by atoms with Gasteiger partial charge in [0.05, 0.1) is 12.2 Å². The zero-order chi connectivity index (χ0) is 14.9. The van der Waals surface area contributed by atoms with Gasteiger partial charge in [-0.25, -0.2) is 9.68 Å². The van der Waals surface area contributed by atoms with E-state index in [1.807, 2.05) is 20.8 Å². The predicted molar refractivity (Wildman–Crippen MR) is 69.7 cm³/mol. The van der Waals surface area contributed by atoms with Crippen LogP contribution in [0.15, 0.2) is 12.2 Å². The third-order valence-corrected chi connectivity index (χ3v) is 2.07. The van der Waals surface area contributed by atoms with E-state index in [4.69, 9.17) is 19.6 Å². The Morgan fingerprint density at radius 2 is 2.05 bits per heavy atom.